The molecule has 82 valence electrons. The number of aliphatic imine (C=N–C) groups is 2. The number of pyridine rings is 1. The van der Waals surface area contributed by atoms with Gasteiger partial charge in [-0.25, -0.2) is 4.99 Å². The number of aromatic nitrogens is 1. The number of nitrogens with zero attached hydrogens (tertiary/aromatic N) is 3. The van der Waals surface area contributed by atoms with Gasteiger partial charge in [0.1, 0.15) is 0 Å². The summed E-state index contributed by atoms with van der Waals surface area (Å²) in [5.41, 5.74) is 16.6. The fourth-order valence-corrected chi connectivity index (χ4v) is 0.832. The Kier molecular flexibility index (Phi) is 5.81. The third kappa shape index (κ3) is 5.48. The lowest BCUT2D eigenvalue weighted by Gasteiger charge is -1.95. The quantitative estimate of drug-likeness (QED) is 0.471. The van der Waals surface area contributed by atoms with Crippen molar-refractivity contribution >= 4 is 24.3 Å². The molecule has 0 unspecified atom stereocenters. The Morgan fingerprint density at radius 1 is 1.33 bits per heavy atom. The summed E-state index contributed by atoms with van der Waals surface area (Å²) in [6.07, 6.45) is 3.39. The lowest BCUT2D eigenvalue weighted by atomic mass is 10.3. The molecular formula is C8H13ClN6. The Morgan fingerprint density at radius 2 is 2.07 bits per heavy atom. The molecule has 1 aromatic heterocycles. The molecule has 1 rings (SSSR count). The second kappa shape index (κ2) is 6.61. The van der Waals surface area contributed by atoms with Gasteiger partial charge in [-0.3, -0.25) is 4.98 Å². The fourth-order valence-electron chi connectivity index (χ4n) is 0.832. The minimum atomic E-state index is -0.0996. The van der Waals surface area contributed by atoms with Crippen LogP contribution in [0.5, 0.6) is 0 Å². The predicted octanol–water partition coefficient (Wildman–Crippen LogP) is -0.408. The number of hydrogen-bond donors (Lipinski definition) is 3. The molecule has 6 nitrogen and oxygen atoms in total. The van der Waals surface area contributed by atoms with Crippen molar-refractivity contribution in [1.82, 2.24) is 4.98 Å². The van der Waals surface area contributed by atoms with Crippen LogP contribution in [0.1, 0.15) is 5.56 Å². The van der Waals surface area contributed by atoms with E-state index in [1.54, 1.807) is 12.4 Å². The third-order valence-electron chi connectivity index (χ3n) is 1.39. The van der Waals surface area contributed by atoms with Crippen LogP contribution in [0.2, 0.25) is 0 Å². The lowest BCUT2D eigenvalue weighted by molar-refractivity contribution is 1.03. The van der Waals surface area contributed by atoms with E-state index in [2.05, 4.69) is 15.0 Å². The van der Waals surface area contributed by atoms with Crippen LogP contribution in [0.15, 0.2) is 34.5 Å². The first-order chi connectivity index (χ1) is 6.68. The van der Waals surface area contributed by atoms with Crippen LogP contribution < -0.4 is 17.2 Å². The SMILES string of the molecule is Cl.NC(N)=NC(N)=NCc1cccnc1. The van der Waals surface area contributed by atoms with Crippen molar-refractivity contribution in [3.05, 3.63) is 30.1 Å². The molecule has 0 bridgehead atoms. The van der Waals surface area contributed by atoms with E-state index < -0.39 is 0 Å². The van der Waals surface area contributed by atoms with Gasteiger partial charge in [-0.15, -0.1) is 12.4 Å². The molecule has 0 fully saturated rings. The molecule has 0 spiro atoms. The lowest BCUT2D eigenvalue weighted by Crippen LogP contribution is -2.26. The second-order valence-corrected chi connectivity index (χ2v) is 2.57. The molecule has 15 heavy (non-hydrogen) atoms. The van der Waals surface area contributed by atoms with E-state index in [-0.39, 0.29) is 24.3 Å². The first kappa shape index (κ1) is 13.2. The van der Waals surface area contributed by atoms with Crippen molar-refractivity contribution in [2.45, 2.75) is 6.54 Å². The highest BCUT2D eigenvalue weighted by Gasteiger charge is 1.91. The van der Waals surface area contributed by atoms with Crippen LogP contribution in [-0.4, -0.2) is 16.9 Å². The molecule has 7 heteroatoms. The maximum absolute atomic E-state index is 5.40. The summed E-state index contributed by atoms with van der Waals surface area (Å²) in [6.45, 7) is 0.413. The Labute approximate surface area is 93.7 Å². The number of halogens is 1. The van der Waals surface area contributed by atoms with Crippen LogP contribution in [0.25, 0.3) is 0 Å². The summed E-state index contributed by atoms with van der Waals surface area (Å²) in [5, 5.41) is 0. The molecule has 0 saturated heterocycles. The Hall–Kier alpha value is -1.82. The van der Waals surface area contributed by atoms with Crippen LogP contribution in [0, 0.1) is 0 Å². The van der Waals surface area contributed by atoms with Crippen molar-refractivity contribution in [2.75, 3.05) is 0 Å². The zero-order chi connectivity index (χ0) is 10.4. The van der Waals surface area contributed by atoms with E-state index >= 15 is 0 Å². The van der Waals surface area contributed by atoms with Crippen LogP contribution in [0.3, 0.4) is 0 Å². The molecule has 0 aromatic carbocycles. The highest BCUT2D eigenvalue weighted by atomic mass is 35.5. The summed E-state index contributed by atoms with van der Waals surface area (Å²) < 4.78 is 0. The molecule has 0 amide bonds. The minimum Gasteiger partial charge on any atom is -0.370 e. The van der Waals surface area contributed by atoms with Gasteiger partial charge in [-0.05, 0) is 11.6 Å². The monoisotopic (exact) mass is 228 g/mol. The van der Waals surface area contributed by atoms with Crippen molar-refractivity contribution in [1.29, 1.82) is 0 Å². The molecule has 6 N–H and O–H groups in total. The zero-order valence-electron chi connectivity index (χ0n) is 8.00. The summed E-state index contributed by atoms with van der Waals surface area (Å²) in [6, 6.07) is 3.71. The molecule has 0 saturated carbocycles. The number of nitrogens with two attached hydrogens (primary N) is 3. The maximum Gasteiger partial charge on any atom is 0.218 e. The first-order valence-corrected chi connectivity index (χ1v) is 3.97. The Morgan fingerprint density at radius 3 is 2.60 bits per heavy atom. The van der Waals surface area contributed by atoms with Crippen molar-refractivity contribution in [3.63, 3.8) is 0 Å². The van der Waals surface area contributed by atoms with E-state index in [1.165, 1.54) is 0 Å². The van der Waals surface area contributed by atoms with E-state index in [0.717, 1.165) is 5.56 Å². The second-order valence-electron chi connectivity index (χ2n) is 2.57. The van der Waals surface area contributed by atoms with Gasteiger partial charge < -0.3 is 17.2 Å². The number of rotatable bonds is 2. The van der Waals surface area contributed by atoms with E-state index in [9.17, 15) is 0 Å². The summed E-state index contributed by atoms with van der Waals surface area (Å²) in [4.78, 5) is 11.4. The van der Waals surface area contributed by atoms with Gasteiger partial charge in [-0.1, -0.05) is 6.07 Å². The molecule has 1 heterocycles. The topological polar surface area (TPSA) is 116 Å². The average molecular weight is 229 g/mol. The van der Waals surface area contributed by atoms with Crippen LogP contribution in [-0.2, 0) is 6.54 Å². The van der Waals surface area contributed by atoms with Crippen molar-refractivity contribution < 1.29 is 0 Å². The van der Waals surface area contributed by atoms with Gasteiger partial charge in [0, 0.05) is 12.4 Å². The van der Waals surface area contributed by atoms with Gasteiger partial charge in [0.15, 0.2) is 5.96 Å². The van der Waals surface area contributed by atoms with Gasteiger partial charge in [0.25, 0.3) is 0 Å². The van der Waals surface area contributed by atoms with Crippen LogP contribution in [0.4, 0.5) is 0 Å². The summed E-state index contributed by atoms with van der Waals surface area (Å²) in [5.74, 6) is -0.0358. The van der Waals surface area contributed by atoms with Crippen LogP contribution >= 0.6 is 12.4 Å². The number of hydrogen-bond acceptors (Lipinski definition) is 2. The Balaban J connectivity index is 0.00000196. The van der Waals surface area contributed by atoms with Crippen molar-refractivity contribution in [3.8, 4) is 0 Å². The van der Waals surface area contributed by atoms with Gasteiger partial charge in [-0.2, -0.15) is 4.99 Å². The fraction of sp³-hybridized carbons (Fsp3) is 0.125. The van der Waals surface area contributed by atoms with Crippen molar-refractivity contribution in [2.24, 2.45) is 27.2 Å². The zero-order valence-corrected chi connectivity index (χ0v) is 8.81. The van der Waals surface area contributed by atoms with E-state index in [0.29, 0.717) is 6.54 Å². The van der Waals surface area contributed by atoms with Gasteiger partial charge in [0.05, 0.1) is 6.54 Å². The molecule has 0 aliphatic heterocycles. The highest BCUT2D eigenvalue weighted by molar-refractivity contribution is 5.92. The van der Waals surface area contributed by atoms with E-state index in [4.69, 9.17) is 17.2 Å². The smallest absolute Gasteiger partial charge is 0.218 e. The average Bonchev–Trinajstić information content (AvgIpc) is 2.15. The predicted molar refractivity (Wildman–Crippen MR) is 62.6 cm³/mol. The molecule has 1 aromatic rings. The summed E-state index contributed by atoms with van der Waals surface area (Å²) >= 11 is 0. The van der Waals surface area contributed by atoms with E-state index in [1.807, 2.05) is 12.1 Å². The molecule has 0 aliphatic carbocycles. The van der Waals surface area contributed by atoms with Gasteiger partial charge >= 0.3 is 0 Å². The highest BCUT2D eigenvalue weighted by Crippen LogP contribution is 1.97. The molecule has 0 atom stereocenters. The third-order valence-corrected chi connectivity index (χ3v) is 1.39. The standard InChI is InChI=1S/C8H12N6.ClH/c9-7(10)14-8(11)13-5-6-2-1-3-12-4-6;/h1-4H,5H2,(H6,9,10,11,13,14);1H. The maximum atomic E-state index is 5.40. The first-order valence-electron chi connectivity index (χ1n) is 3.97. The molecule has 0 radical (unpaired) electrons. The molecular weight excluding hydrogens is 216 g/mol. The Bertz CT molecular complexity index is 343. The summed E-state index contributed by atoms with van der Waals surface area (Å²) in [7, 11) is 0. The number of guanidine groups is 2. The minimum absolute atomic E-state index is 0. The normalized spacial score (nSPS) is 10.3. The largest absolute Gasteiger partial charge is 0.370 e. The van der Waals surface area contributed by atoms with Gasteiger partial charge in [0.2, 0.25) is 5.96 Å². The molecule has 0 aliphatic rings.